The summed E-state index contributed by atoms with van der Waals surface area (Å²) in [6.45, 7) is 3.50. The second-order valence-electron chi connectivity index (χ2n) is 5.46. The number of nitrogens with two attached hydrogens (primary N) is 1. The van der Waals surface area contributed by atoms with Crippen molar-refractivity contribution in [3.8, 4) is 0 Å². The molecule has 6 nitrogen and oxygen atoms in total. The number of hydrogen-bond acceptors (Lipinski definition) is 5. The van der Waals surface area contributed by atoms with E-state index in [1.54, 1.807) is 24.5 Å². The first-order valence-corrected chi connectivity index (χ1v) is 10.7. The zero-order chi connectivity index (χ0) is 17.6. The fraction of sp³-hybridized carbons (Fsp3) is 0.400. The molecule has 10 heteroatoms. The number of primary sulfonamides is 1. The van der Waals surface area contributed by atoms with Gasteiger partial charge in [0, 0.05) is 23.3 Å². The second-order valence-corrected chi connectivity index (χ2v) is 9.45. The van der Waals surface area contributed by atoms with Gasteiger partial charge in [0.15, 0.2) is 5.96 Å². The first-order valence-electron chi connectivity index (χ1n) is 7.47. The molecule has 0 aliphatic heterocycles. The summed E-state index contributed by atoms with van der Waals surface area (Å²) in [6, 6.07) is 7.49. The molecule has 2 aromatic rings. The van der Waals surface area contributed by atoms with Gasteiger partial charge in [0.25, 0.3) is 0 Å². The number of hydrogen-bond donors (Lipinski definition) is 3. The van der Waals surface area contributed by atoms with Crippen LogP contribution in [-0.4, -0.2) is 28.0 Å². The van der Waals surface area contributed by atoms with Gasteiger partial charge < -0.3 is 10.6 Å². The van der Waals surface area contributed by atoms with Crippen molar-refractivity contribution in [3.63, 3.8) is 0 Å². The molecule has 2 heterocycles. The minimum atomic E-state index is -3.63. The molecule has 0 bridgehead atoms. The van der Waals surface area contributed by atoms with Crippen LogP contribution >= 0.6 is 46.7 Å². The third-order valence-electron chi connectivity index (χ3n) is 3.32. The summed E-state index contributed by atoms with van der Waals surface area (Å²) < 4.78 is 22.7. The standard InChI is InChI=1S/C15H22N4O2S3.HI/c1-11(8-12-4-3-7-22-12)9-18-15(17-2)19-10-13-5-6-14(23-13)24(16,20)21;/h3-7,11H,8-10H2,1-2H3,(H2,16,20,21)(H2,17,18,19);1H. The van der Waals surface area contributed by atoms with E-state index in [2.05, 4.69) is 40.1 Å². The SMILES string of the molecule is CN=C(NCc1ccc(S(N)(=O)=O)s1)NCC(C)Cc1cccs1.I. The maximum atomic E-state index is 11.3. The lowest BCUT2D eigenvalue weighted by Gasteiger charge is -2.15. The fourth-order valence-corrected chi connectivity index (χ4v) is 4.70. The lowest BCUT2D eigenvalue weighted by Crippen LogP contribution is -2.39. The van der Waals surface area contributed by atoms with Gasteiger partial charge in [0.2, 0.25) is 10.0 Å². The average Bonchev–Trinajstić information content (AvgIpc) is 3.18. The number of rotatable bonds is 7. The van der Waals surface area contributed by atoms with Crippen molar-refractivity contribution < 1.29 is 8.42 Å². The van der Waals surface area contributed by atoms with Crippen LogP contribution in [0.15, 0.2) is 38.8 Å². The molecule has 0 aliphatic carbocycles. The molecule has 0 radical (unpaired) electrons. The van der Waals surface area contributed by atoms with Crippen molar-refractivity contribution in [1.29, 1.82) is 0 Å². The predicted molar refractivity (Wildman–Crippen MR) is 116 cm³/mol. The lowest BCUT2D eigenvalue weighted by atomic mass is 10.1. The Hall–Kier alpha value is -0.690. The monoisotopic (exact) mass is 514 g/mol. The number of sulfonamides is 1. The highest BCUT2D eigenvalue weighted by atomic mass is 127. The van der Waals surface area contributed by atoms with E-state index in [0.717, 1.165) is 29.2 Å². The third-order valence-corrected chi connectivity index (χ3v) is 6.74. The summed E-state index contributed by atoms with van der Waals surface area (Å²) in [5.41, 5.74) is 0. The molecular weight excluding hydrogens is 491 g/mol. The number of aliphatic imine (C=N–C) groups is 1. The molecule has 0 spiro atoms. The molecule has 140 valence electrons. The molecule has 1 atom stereocenters. The van der Waals surface area contributed by atoms with Crippen LogP contribution < -0.4 is 15.8 Å². The first kappa shape index (κ1) is 22.4. The van der Waals surface area contributed by atoms with Crippen molar-refractivity contribution in [2.45, 2.75) is 24.1 Å². The van der Waals surface area contributed by atoms with Gasteiger partial charge in [-0.2, -0.15) is 0 Å². The Bertz CT molecular complexity index is 773. The Balaban J connectivity index is 0.00000312. The Morgan fingerprint density at radius 2 is 2.04 bits per heavy atom. The van der Waals surface area contributed by atoms with E-state index in [0.29, 0.717) is 18.4 Å². The van der Waals surface area contributed by atoms with Crippen molar-refractivity contribution in [1.82, 2.24) is 10.6 Å². The number of guanidine groups is 1. The minimum Gasteiger partial charge on any atom is -0.356 e. The summed E-state index contributed by atoms with van der Waals surface area (Å²) in [6.07, 6.45) is 1.03. The van der Waals surface area contributed by atoms with Gasteiger partial charge in [-0.25, -0.2) is 13.6 Å². The zero-order valence-electron chi connectivity index (χ0n) is 14.1. The quantitative estimate of drug-likeness (QED) is 0.301. The van der Waals surface area contributed by atoms with Crippen LogP contribution in [0.5, 0.6) is 0 Å². The second kappa shape index (κ2) is 10.5. The molecule has 2 aromatic heterocycles. The van der Waals surface area contributed by atoms with Crippen LogP contribution in [-0.2, 0) is 23.0 Å². The number of nitrogens with one attached hydrogen (secondary N) is 2. The zero-order valence-corrected chi connectivity index (χ0v) is 18.8. The van der Waals surface area contributed by atoms with Crippen LogP contribution in [0.4, 0.5) is 0 Å². The molecule has 4 N–H and O–H groups in total. The minimum absolute atomic E-state index is 0. The molecule has 0 saturated heterocycles. The molecule has 0 aromatic carbocycles. The van der Waals surface area contributed by atoms with Crippen LogP contribution in [0, 0.1) is 5.92 Å². The molecule has 0 amide bonds. The van der Waals surface area contributed by atoms with E-state index in [-0.39, 0.29) is 28.2 Å². The molecule has 2 rings (SSSR count). The smallest absolute Gasteiger partial charge is 0.247 e. The summed E-state index contributed by atoms with van der Waals surface area (Å²) in [4.78, 5) is 6.45. The van der Waals surface area contributed by atoms with E-state index in [1.807, 2.05) is 0 Å². The van der Waals surface area contributed by atoms with Crippen LogP contribution in [0.2, 0.25) is 0 Å². The van der Waals surface area contributed by atoms with Crippen LogP contribution in [0.25, 0.3) is 0 Å². The predicted octanol–water partition coefficient (Wildman–Crippen LogP) is 2.62. The highest BCUT2D eigenvalue weighted by Gasteiger charge is 2.11. The van der Waals surface area contributed by atoms with Gasteiger partial charge >= 0.3 is 0 Å². The summed E-state index contributed by atoms with van der Waals surface area (Å²) in [7, 11) is -1.91. The highest BCUT2D eigenvalue weighted by molar-refractivity contribution is 14.0. The normalized spacial score (nSPS) is 13.2. The third kappa shape index (κ3) is 7.60. The maximum absolute atomic E-state index is 11.3. The van der Waals surface area contributed by atoms with E-state index in [4.69, 9.17) is 5.14 Å². The van der Waals surface area contributed by atoms with Crippen molar-refractivity contribution in [3.05, 3.63) is 39.4 Å². The number of thiophene rings is 2. The summed E-state index contributed by atoms with van der Waals surface area (Å²) in [5.74, 6) is 1.18. The topological polar surface area (TPSA) is 96.6 Å². The number of nitrogens with zero attached hydrogens (tertiary/aromatic N) is 1. The fourth-order valence-electron chi connectivity index (χ4n) is 2.11. The van der Waals surface area contributed by atoms with Crippen molar-refractivity contribution >= 4 is 62.6 Å². The first-order chi connectivity index (χ1) is 11.4. The summed E-state index contributed by atoms with van der Waals surface area (Å²) >= 11 is 2.93. The Morgan fingerprint density at radius 3 is 2.60 bits per heavy atom. The Morgan fingerprint density at radius 1 is 1.28 bits per heavy atom. The van der Waals surface area contributed by atoms with E-state index >= 15 is 0 Å². The summed E-state index contributed by atoms with van der Waals surface area (Å²) in [5, 5.41) is 13.7. The highest BCUT2D eigenvalue weighted by Crippen LogP contribution is 2.20. The van der Waals surface area contributed by atoms with E-state index in [1.165, 1.54) is 10.9 Å². The van der Waals surface area contributed by atoms with E-state index < -0.39 is 10.0 Å². The van der Waals surface area contributed by atoms with Gasteiger partial charge in [-0.1, -0.05) is 13.0 Å². The molecule has 0 fully saturated rings. The van der Waals surface area contributed by atoms with Crippen LogP contribution in [0.3, 0.4) is 0 Å². The van der Waals surface area contributed by atoms with Gasteiger partial charge in [0.05, 0.1) is 6.54 Å². The van der Waals surface area contributed by atoms with Crippen LogP contribution in [0.1, 0.15) is 16.7 Å². The average molecular weight is 514 g/mol. The van der Waals surface area contributed by atoms with Gasteiger partial charge in [-0.3, -0.25) is 4.99 Å². The molecule has 0 aliphatic rings. The molecular formula is C15H23IN4O2S3. The largest absolute Gasteiger partial charge is 0.356 e. The van der Waals surface area contributed by atoms with Crippen molar-refractivity contribution in [2.24, 2.45) is 16.0 Å². The van der Waals surface area contributed by atoms with E-state index in [9.17, 15) is 8.42 Å². The molecule has 25 heavy (non-hydrogen) atoms. The molecule has 0 saturated carbocycles. The Kier molecular flexibility index (Phi) is 9.35. The lowest BCUT2D eigenvalue weighted by molar-refractivity contribution is 0.562. The van der Waals surface area contributed by atoms with Gasteiger partial charge in [0.1, 0.15) is 4.21 Å². The maximum Gasteiger partial charge on any atom is 0.247 e. The van der Waals surface area contributed by atoms with Gasteiger partial charge in [-0.05, 0) is 35.9 Å². The number of halogens is 1. The van der Waals surface area contributed by atoms with Gasteiger partial charge in [-0.15, -0.1) is 46.7 Å². The Labute approximate surface area is 174 Å². The van der Waals surface area contributed by atoms with Crippen molar-refractivity contribution in [2.75, 3.05) is 13.6 Å². The molecule has 1 unspecified atom stereocenters.